The van der Waals surface area contributed by atoms with Crippen molar-refractivity contribution in [2.75, 3.05) is 6.54 Å². The largest absolute Gasteiger partial charge is 0.342 e. The van der Waals surface area contributed by atoms with E-state index in [2.05, 4.69) is 9.97 Å². The number of aromatic amines is 1. The zero-order valence-corrected chi connectivity index (χ0v) is 13.4. The average Bonchev–Trinajstić information content (AvgIpc) is 3.07. The van der Waals surface area contributed by atoms with E-state index in [-0.39, 0.29) is 17.4 Å². The Morgan fingerprint density at radius 3 is 2.61 bits per heavy atom. The van der Waals surface area contributed by atoms with Gasteiger partial charge in [-0.05, 0) is 39.0 Å². The van der Waals surface area contributed by atoms with Crippen molar-refractivity contribution in [3.05, 3.63) is 41.9 Å². The number of likely N-dealkylation sites (tertiary alicyclic amines) is 1. The predicted octanol–water partition coefficient (Wildman–Crippen LogP) is 3.47. The molecule has 2 heterocycles. The van der Waals surface area contributed by atoms with Gasteiger partial charge in [-0.15, -0.1) is 0 Å². The molecule has 1 aliphatic rings. The maximum atomic E-state index is 13.3. The second-order valence-corrected chi connectivity index (χ2v) is 6.89. The Labute approximate surface area is 133 Å². The van der Waals surface area contributed by atoms with Crippen molar-refractivity contribution >= 4 is 5.91 Å². The van der Waals surface area contributed by atoms with E-state index in [4.69, 9.17) is 0 Å². The number of nitrogens with zero attached hydrogens (tertiary/aromatic N) is 2. The van der Waals surface area contributed by atoms with Crippen LogP contribution in [0.4, 0.5) is 8.78 Å². The standard InChI is InChI=1S/C17H19F2N3O/c1-17(2,3)22-9-11(7-15(22)23)16-20-8-14(21-16)10-4-5-12(18)13(19)6-10/h4-6,8,11H,7,9H2,1-3H3,(H,20,21). The molecule has 0 spiro atoms. The first-order chi connectivity index (χ1) is 10.8. The van der Waals surface area contributed by atoms with Crippen LogP contribution in [0.2, 0.25) is 0 Å². The lowest BCUT2D eigenvalue weighted by atomic mass is 10.1. The number of carbonyl (C=O) groups excluding carboxylic acids is 1. The van der Waals surface area contributed by atoms with Crippen LogP contribution in [0.25, 0.3) is 11.3 Å². The highest BCUT2D eigenvalue weighted by atomic mass is 19.2. The van der Waals surface area contributed by atoms with Gasteiger partial charge >= 0.3 is 0 Å². The number of carbonyl (C=O) groups is 1. The van der Waals surface area contributed by atoms with Gasteiger partial charge in [0.25, 0.3) is 0 Å². The van der Waals surface area contributed by atoms with Crippen molar-refractivity contribution in [3.8, 4) is 11.3 Å². The van der Waals surface area contributed by atoms with Crippen molar-refractivity contribution in [1.82, 2.24) is 14.9 Å². The number of hydrogen-bond acceptors (Lipinski definition) is 2. The number of nitrogens with one attached hydrogen (secondary N) is 1. The highest BCUT2D eigenvalue weighted by molar-refractivity contribution is 5.80. The van der Waals surface area contributed by atoms with Gasteiger partial charge in [-0.3, -0.25) is 4.79 Å². The fraction of sp³-hybridized carbons (Fsp3) is 0.412. The van der Waals surface area contributed by atoms with Crippen LogP contribution >= 0.6 is 0 Å². The highest BCUT2D eigenvalue weighted by Gasteiger charge is 2.37. The van der Waals surface area contributed by atoms with Gasteiger partial charge in [0.05, 0.1) is 11.9 Å². The van der Waals surface area contributed by atoms with Crippen molar-refractivity contribution < 1.29 is 13.6 Å². The summed E-state index contributed by atoms with van der Waals surface area (Å²) in [6.45, 7) is 6.61. The van der Waals surface area contributed by atoms with Crippen LogP contribution in [0.15, 0.2) is 24.4 Å². The van der Waals surface area contributed by atoms with E-state index in [9.17, 15) is 13.6 Å². The van der Waals surface area contributed by atoms with Crippen LogP contribution in [0, 0.1) is 11.6 Å². The molecule has 1 saturated heterocycles. The van der Waals surface area contributed by atoms with E-state index >= 15 is 0 Å². The Bertz CT molecular complexity index is 749. The van der Waals surface area contributed by atoms with Gasteiger partial charge < -0.3 is 9.88 Å². The summed E-state index contributed by atoms with van der Waals surface area (Å²) in [4.78, 5) is 21.5. The molecule has 1 aliphatic heterocycles. The number of halogens is 2. The van der Waals surface area contributed by atoms with Gasteiger partial charge in [-0.1, -0.05) is 0 Å². The third-order valence-electron chi connectivity index (χ3n) is 4.15. The second-order valence-electron chi connectivity index (χ2n) is 6.89. The van der Waals surface area contributed by atoms with Crippen molar-refractivity contribution in [3.63, 3.8) is 0 Å². The van der Waals surface area contributed by atoms with E-state index in [0.29, 0.717) is 30.0 Å². The third-order valence-corrected chi connectivity index (χ3v) is 4.15. The Morgan fingerprint density at radius 2 is 2.00 bits per heavy atom. The number of aromatic nitrogens is 2. The zero-order valence-electron chi connectivity index (χ0n) is 13.4. The van der Waals surface area contributed by atoms with E-state index in [1.807, 2.05) is 25.7 Å². The summed E-state index contributed by atoms with van der Waals surface area (Å²) in [5, 5.41) is 0. The van der Waals surface area contributed by atoms with Crippen LogP contribution in [0.5, 0.6) is 0 Å². The number of amides is 1. The normalized spacial score (nSPS) is 18.7. The molecule has 1 atom stereocenters. The van der Waals surface area contributed by atoms with Gasteiger partial charge in [0.15, 0.2) is 11.6 Å². The first-order valence-electron chi connectivity index (χ1n) is 7.56. The molecule has 1 unspecified atom stereocenters. The molecule has 1 N–H and O–H groups in total. The summed E-state index contributed by atoms with van der Waals surface area (Å²) in [7, 11) is 0. The monoisotopic (exact) mass is 319 g/mol. The number of rotatable bonds is 2. The second kappa shape index (κ2) is 5.44. The van der Waals surface area contributed by atoms with Gasteiger partial charge in [0.2, 0.25) is 5.91 Å². The smallest absolute Gasteiger partial charge is 0.223 e. The maximum absolute atomic E-state index is 13.3. The van der Waals surface area contributed by atoms with Gasteiger partial charge in [0, 0.05) is 30.0 Å². The zero-order chi connectivity index (χ0) is 16.8. The van der Waals surface area contributed by atoms with Crippen molar-refractivity contribution in [2.45, 2.75) is 38.6 Å². The molecule has 1 amide bonds. The highest BCUT2D eigenvalue weighted by Crippen LogP contribution is 2.32. The van der Waals surface area contributed by atoms with Gasteiger partial charge in [0.1, 0.15) is 5.82 Å². The van der Waals surface area contributed by atoms with Crippen LogP contribution < -0.4 is 0 Å². The van der Waals surface area contributed by atoms with Crippen molar-refractivity contribution in [1.29, 1.82) is 0 Å². The summed E-state index contributed by atoms with van der Waals surface area (Å²) in [6, 6.07) is 3.72. The average molecular weight is 319 g/mol. The molecule has 1 aromatic carbocycles. The molecule has 0 bridgehead atoms. The summed E-state index contributed by atoms with van der Waals surface area (Å²) < 4.78 is 26.4. The number of hydrogen-bond donors (Lipinski definition) is 1. The Hall–Kier alpha value is -2.24. The van der Waals surface area contributed by atoms with E-state index in [1.54, 1.807) is 6.20 Å². The van der Waals surface area contributed by atoms with E-state index < -0.39 is 11.6 Å². The molecule has 0 radical (unpaired) electrons. The lowest BCUT2D eigenvalue weighted by Crippen LogP contribution is -2.42. The number of imidazole rings is 1. The quantitative estimate of drug-likeness (QED) is 0.921. The summed E-state index contributed by atoms with van der Waals surface area (Å²) in [5.41, 5.74) is 0.918. The van der Waals surface area contributed by atoms with Crippen LogP contribution in [0.3, 0.4) is 0 Å². The Morgan fingerprint density at radius 1 is 1.26 bits per heavy atom. The minimum Gasteiger partial charge on any atom is -0.342 e. The predicted molar refractivity (Wildman–Crippen MR) is 82.8 cm³/mol. The Balaban J connectivity index is 1.83. The molecule has 6 heteroatoms. The van der Waals surface area contributed by atoms with Crippen LogP contribution in [-0.4, -0.2) is 32.9 Å². The topological polar surface area (TPSA) is 49.0 Å². The molecular weight excluding hydrogens is 300 g/mol. The van der Waals surface area contributed by atoms with Crippen molar-refractivity contribution in [2.24, 2.45) is 0 Å². The molecule has 1 fully saturated rings. The Kier molecular flexibility index (Phi) is 3.70. The molecule has 0 aliphatic carbocycles. The summed E-state index contributed by atoms with van der Waals surface area (Å²) in [6.07, 6.45) is 1.99. The maximum Gasteiger partial charge on any atom is 0.223 e. The lowest BCUT2D eigenvalue weighted by Gasteiger charge is -2.31. The fourth-order valence-corrected chi connectivity index (χ4v) is 2.89. The van der Waals surface area contributed by atoms with E-state index in [1.165, 1.54) is 6.07 Å². The molecular formula is C17H19F2N3O. The fourth-order valence-electron chi connectivity index (χ4n) is 2.89. The van der Waals surface area contributed by atoms with Gasteiger partial charge in [-0.25, -0.2) is 13.8 Å². The number of benzene rings is 1. The van der Waals surface area contributed by atoms with Crippen LogP contribution in [0.1, 0.15) is 38.9 Å². The SMILES string of the molecule is CC(C)(C)N1CC(c2ncc(-c3ccc(F)c(F)c3)[nH]2)CC1=O. The summed E-state index contributed by atoms with van der Waals surface area (Å²) in [5.74, 6) is -0.983. The molecule has 3 rings (SSSR count). The minimum atomic E-state index is -0.895. The molecule has 0 saturated carbocycles. The lowest BCUT2D eigenvalue weighted by molar-refractivity contribution is -0.131. The van der Waals surface area contributed by atoms with E-state index in [0.717, 1.165) is 12.1 Å². The minimum absolute atomic E-state index is 0.0132. The summed E-state index contributed by atoms with van der Waals surface area (Å²) >= 11 is 0. The first kappa shape index (κ1) is 15.6. The first-order valence-corrected chi connectivity index (χ1v) is 7.56. The number of H-pyrrole nitrogens is 1. The molecule has 122 valence electrons. The third kappa shape index (κ3) is 2.98. The van der Waals surface area contributed by atoms with Gasteiger partial charge in [-0.2, -0.15) is 0 Å². The van der Waals surface area contributed by atoms with Crippen LogP contribution in [-0.2, 0) is 4.79 Å². The molecule has 4 nitrogen and oxygen atoms in total. The molecule has 23 heavy (non-hydrogen) atoms. The molecule has 2 aromatic rings. The molecule has 1 aromatic heterocycles.